The minimum atomic E-state index is -0.527. The Morgan fingerprint density at radius 3 is 2.69 bits per heavy atom. The zero-order chi connectivity index (χ0) is 22.4. The maximum atomic E-state index is 13.5. The van der Waals surface area contributed by atoms with Gasteiger partial charge in [-0.15, -0.1) is 11.3 Å². The van der Waals surface area contributed by atoms with Crippen molar-refractivity contribution in [2.45, 2.75) is 20.4 Å². The number of thiophene rings is 1. The quantitative estimate of drug-likeness (QED) is 0.483. The normalized spacial score (nSPS) is 13.1. The van der Waals surface area contributed by atoms with Gasteiger partial charge in [0.15, 0.2) is 0 Å². The van der Waals surface area contributed by atoms with Gasteiger partial charge in [-0.25, -0.2) is 9.36 Å². The molecule has 0 N–H and O–H groups in total. The fourth-order valence-electron chi connectivity index (χ4n) is 4.07. The molecule has 0 radical (unpaired) electrons. The van der Waals surface area contributed by atoms with Crippen LogP contribution < -0.4 is 20.9 Å². The fourth-order valence-corrected chi connectivity index (χ4v) is 4.90. The number of carbonyl (C=O) groups excluding carboxylic acids is 1. The van der Waals surface area contributed by atoms with Gasteiger partial charge >= 0.3 is 5.69 Å². The van der Waals surface area contributed by atoms with Gasteiger partial charge in [0.05, 0.1) is 23.4 Å². The van der Waals surface area contributed by atoms with Gasteiger partial charge < -0.3 is 9.64 Å². The molecule has 0 fully saturated rings. The van der Waals surface area contributed by atoms with Crippen LogP contribution in [0.25, 0.3) is 15.9 Å². The Balaban J connectivity index is 1.64. The van der Waals surface area contributed by atoms with Crippen molar-refractivity contribution in [2.24, 2.45) is 0 Å². The number of aryl methyl sites for hydroxylation is 2. The van der Waals surface area contributed by atoms with Crippen molar-refractivity contribution in [2.75, 3.05) is 18.1 Å². The van der Waals surface area contributed by atoms with E-state index in [0.29, 0.717) is 40.5 Å². The summed E-state index contributed by atoms with van der Waals surface area (Å²) in [6.07, 6.45) is 0. The van der Waals surface area contributed by atoms with Crippen molar-refractivity contribution in [1.29, 1.82) is 0 Å². The van der Waals surface area contributed by atoms with E-state index >= 15 is 0 Å². The number of amides is 1. The Hall–Kier alpha value is -3.65. The molecule has 2 aromatic heterocycles. The summed E-state index contributed by atoms with van der Waals surface area (Å²) in [5, 5.41) is 1.77. The fraction of sp³-hybridized carbons (Fsp3) is 0.208. The van der Waals surface area contributed by atoms with E-state index < -0.39 is 5.69 Å². The number of hydrogen-bond acceptors (Lipinski definition) is 5. The Morgan fingerprint density at radius 2 is 1.88 bits per heavy atom. The van der Waals surface area contributed by atoms with Gasteiger partial charge in [0.2, 0.25) is 5.91 Å². The molecule has 1 aliphatic heterocycles. The molecule has 162 valence electrons. The molecule has 1 amide bonds. The summed E-state index contributed by atoms with van der Waals surface area (Å²) in [6.45, 7) is 4.41. The number of hydrogen-bond donors (Lipinski definition) is 0. The van der Waals surface area contributed by atoms with Crippen LogP contribution in [0, 0.1) is 13.8 Å². The summed E-state index contributed by atoms with van der Waals surface area (Å²) in [6, 6.07) is 14.6. The smallest absolute Gasteiger partial charge is 0.336 e. The topological polar surface area (TPSA) is 73.5 Å². The second-order valence-electron chi connectivity index (χ2n) is 7.80. The van der Waals surface area contributed by atoms with Crippen LogP contribution in [0.1, 0.15) is 11.1 Å². The molecule has 0 saturated carbocycles. The number of anilines is 1. The van der Waals surface area contributed by atoms with Crippen LogP contribution in [0.15, 0.2) is 63.5 Å². The lowest BCUT2D eigenvalue weighted by molar-refractivity contribution is -0.119. The molecular formula is C24H21N3O4S. The lowest BCUT2D eigenvalue weighted by atomic mass is 10.1. The Morgan fingerprint density at radius 1 is 1.06 bits per heavy atom. The second-order valence-corrected chi connectivity index (χ2v) is 8.71. The third kappa shape index (κ3) is 3.23. The van der Waals surface area contributed by atoms with Gasteiger partial charge in [-0.1, -0.05) is 24.3 Å². The first-order valence-electron chi connectivity index (χ1n) is 10.3. The molecule has 3 heterocycles. The number of carbonyl (C=O) groups is 1. The second kappa shape index (κ2) is 7.80. The third-order valence-electron chi connectivity index (χ3n) is 5.68. The number of para-hydroxylation sites is 1. The van der Waals surface area contributed by atoms with Crippen LogP contribution in [-0.4, -0.2) is 28.2 Å². The molecule has 2 aromatic carbocycles. The summed E-state index contributed by atoms with van der Waals surface area (Å²) in [5.41, 5.74) is 2.61. The molecule has 1 aliphatic rings. The van der Waals surface area contributed by atoms with Crippen molar-refractivity contribution in [3.63, 3.8) is 0 Å². The highest BCUT2D eigenvalue weighted by atomic mass is 32.1. The molecule has 0 atom stereocenters. The van der Waals surface area contributed by atoms with Crippen LogP contribution >= 0.6 is 11.3 Å². The van der Waals surface area contributed by atoms with Gasteiger partial charge in [0, 0.05) is 0 Å². The average molecular weight is 448 g/mol. The lowest BCUT2D eigenvalue weighted by Crippen LogP contribution is -2.44. The zero-order valence-electron chi connectivity index (χ0n) is 17.7. The highest BCUT2D eigenvalue weighted by molar-refractivity contribution is 7.17. The van der Waals surface area contributed by atoms with E-state index in [4.69, 9.17) is 4.74 Å². The van der Waals surface area contributed by atoms with Gasteiger partial charge in [-0.3, -0.25) is 14.2 Å². The van der Waals surface area contributed by atoms with Crippen LogP contribution in [0.5, 0.6) is 5.75 Å². The SMILES string of the molecule is Cc1ccc2c(c1)N(C(=O)Cn1c(=O)n(-c3ccccc3C)c(=O)c3sccc31)CCO2. The molecule has 0 aliphatic carbocycles. The first-order valence-corrected chi connectivity index (χ1v) is 11.2. The Labute approximate surface area is 187 Å². The highest BCUT2D eigenvalue weighted by Crippen LogP contribution is 2.32. The largest absolute Gasteiger partial charge is 0.490 e. The van der Waals surface area contributed by atoms with Gasteiger partial charge in [0.25, 0.3) is 5.56 Å². The summed E-state index contributed by atoms with van der Waals surface area (Å²) < 4.78 is 8.69. The predicted molar refractivity (Wildman–Crippen MR) is 125 cm³/mol. The number of fused-ring (bicyclic) bond motifs is 2. The molecule has 0 spiro atoms. The van der Waals surface area contributed by atoms with E-state index in [2.05, 4.69) is 0 Å². The molecular weight excluding hydrogens is 426 g/mol. The predicted octanol–water partition coefficient (Wildman–Crippen LogP) is 3.26. The summed E-state index contributed by atoms with van der Waals surface area (Å²) in [4.78, 5) is 41.7. The number of benzene rings is 2. The van der Waals surface area contributed by atoms with E-state index in [0.717, 1.165) is 11.1 Å². The molecule has 4 aromatic rings. The van der Waals surface area contributed by atoms with E-state index in [9.17, 15) is 14.4 Å². The van der Waals surface area contributed by atoms with Crippen LogP contribution in [-0.2, 0) is 11.3 Å². The molecule has 5 rings (SSSR count). The summed E-state index contributed by atoms with van der Waals surface area (Å²) in [5.74, 6) is 0.415. The summed E-state index contributed by atoms with van der Waals surface area (Å²) >= 11 is 1.27. The first kappa shape index (κ1) is 20.3. The maximum absolute atomic E-state index is 13.5. The first-order chi connectivity index (χ1) is 15.5. The highest BCUT2D eigenvalue weighted by Gasteiger charge is 2.26. The van der Waals surface area contributed by atoms with Crippen molar-refractivity contribution in [3.8, 4) is 11.4 Å². The van der Waals surface area contributed by atoms with E-state index in [1.54, 1.807) is 28.5 Å². The van der Waals surface area contributed by atoms with Crippen LogP contribution in [0.4, 0.5) is 5.69 Å². The number of nitrogens with zero attached hydrogens (tertiary/aromatic N) is 3. The standard InChI is InChI=1S/C24H21N3O4S/c1-15-7-8-20-19(13-15)25(10-11-31-20)21(28)14-26-18-9-12-32-22(18)23(29)27(24(26)30)17-6-4-3-5-16(17)2/h3-9,12-13H,10-11,14H2,1-2H3. The minimum absolute atomic E-state index is 0.175. The van der Waals surface area contributed by atoms with Crippen molar-refractivity contribution in [3.05, 3.63) is 85.9 Å². The molecule has 0 bridgehead atoms. The number of rotatable bonds is 3. The lowest BCUT2D eigenvalue weighted by Gasteiger charge is -2.30. The van der Waals surface area contributed by atoms with Crippen molar-refractivity contribution >= 4 is 33.1 Å². The van der Waals surface area contributed by atoms with E-state index in [1.807, 2.05) is 44.2 Å². The molecule has 8 heteroatoms. The van der Waals surface area contributed by atoms with Crippen molar-refractivity contribution < 1.29 is 9.53 Å². The number of aromatic nitrogens is 2. The number of ether oxygens (including phenoxy) is 1. The Bertz CT molecular complexity index is 1480. The maximum Gasteiger partial charge on any atom is 0.336 e. The minimum Gasteiger partial charge on any atom is -0.490 e. The Kier molecular flexibility index (Phi) is 4.94. The summed E-state index contributed by atoms with van der Waals surface area (Å²) in [7, 11) is 0. The monoisotopic (exact) mass is 447 g/mol. The molecule has 0 saturated heterocycles. The average Bonchev–Trinajstić information content (AvgIpc) is 3.27. The molecule has 32 heavy (non-hydrogen) atoms. The third-order valence-corrected chi connectivity index (χ3v) is 6.57. The molecule has 0 unspecified atom stereocenters. The zero-order valence-corrected chi connectivity index (χ0v) is 18.5. The van der Waals surface area contributed by atoms with Gasteiger partial charge in [-0.2, -0.15) is 0 Å². The van der Waals surface area contributed by atoms with Crippen molar-refractivity contribution in [1.82, 2.24) is 9.13 Å². The van der Waals surface area contributed by atoms with Crippen LogP contribution in [0.3, 0.4) is 0 Å². The van der Waals surface area contributed by atoms with E-state index in [1.165, 1.54) is 20.5 Å². The van der Waals surface area contributed by atoms with Crippen LogP contribution in [0.2, 0.25) is 0 Å². The van der Waals surface area contributed by atoms with E-state index in [-0.39, 0.29) is 18.0 Å². The molecule has 7 nitrogen and oxygen atoms in total. The van der Waals surface area contributed by atoms with Gasteiger partial charge in [-0.05, 0) is 54.6 Å². The van der Waals surface area contributed by atoms with Gasteiger partial charge in [0.1, 0.15) is 23.6 Å².